The summed E-state index contributed by atoms with van der Waals surface area (Å²) in [5.41, 5.74) is -0.0113. The van der Waals surface area contributed by atoms with Gasteiger partial charge in [-0.25, -0.2) is 15.0 Å². The van der Waals surface area contributed by atoms with Crippen LogP contribution in [0.2, 0.25) is 0 Å². The Labute approximate surface area is 161 Å². The molecular formula is C17H13F3N4OS2. The normalized spacial score (nSPS) is 11.4. The summed E-state index contributed by atoms with van der Waals surface area (Å²) >= 11 is 2.57. The number of halogens is 3. The zero-order valence-electron chi connectivity index (χ0n) is 14.0. The van der Waals surface area contributed by atoms with E-state index in [2.05, 4.69) is 15.0 Å². The van der Waals surface area contributed by atoms with E-state index in [9.17, 15) is 18.0 Å². The third kappa shape index (κ3) is 4.83. The number of hydrogen-bond acceptors (Lipinski definition) is 6. The number of anilines is 2. The molecule has 27 heavy (non-hydrogen) atoms. The first-order valence-electron chi connectivity index (χ1n) is 7.67. The van der Waals surface area contributed by atoms with Crippen molar-refractivity contribution in [1.82, 2.24) is 15.0 Å². The molecule has 2 aromatic heterocycles. The van der Waals surface area contributed by atoms with E-state index < -0.39 is 17.6 Å². The molecule has 5 nitrogen and oxygen atoms in total. The molecule has 0 fully saturated rings. The Morgan fingerprint density at radius 1 is 1.22 bits per heavy atom. The van der Waals surface area contributed by atoms with Crippen molar-refractivity contribution in [2.45, 2.75) is 24.0 Å². The van der Waals surface area contributed by atoms with E-state index in [0.29, 0.717) is 21.7 Å². The lowest BCUT2D eigenvalue weighted by molar-refractivity contribution is -0.137. The molecule has 0 saturated carbocycles. The number of thioether (sulfide) groups is 1. The summed E-state index contributed by atoms with van der Waals surface area (Å²) in [5.74, 6) is 0.0590. The SMILES string of the molecule is CC(=O)N(c1cccc(C(F)(F)F)c1)c1nc(CSc2ncccn2)cs1. The van der Waals surface area contributed by atoms with Crippen LogP contribution in [0.5, 0.6) is 0 Å². The van der Waals surface area contributed by atoms with Gasteiger partial charge in [0.2, 0.25) is 5.91 Å². The lowest BCUT2D eigenvalue weighted by Gasteiger charge is -2.19. The van der Waals surface area contributed by atoms with Crippen molar-refractivity contribution < 1.29 is 18.0 Å². The fraction of sp³-hybridized carbons (Fsp3) is 0.176. The van der Waals surface area contributed by atoms with Gasteiger partial charge in [-0.1, -0.05) is 17.8 Å². The molecule has 0 N–H and O–H groups in total. The number of amides is 1. The maximum Gasteiger partial charge on any atom is 0.416 e. The fourth-order valence-electron chi connectivity index (χ4n) is 2.21. The van der Waals surface area contributed by atoms with Crippen molar-refractivity contribution in [1.29, 1.82) is 0 Å². The van der Waals surface area contributed by atoms with Crippen LogP contribution < -0.4 is 4.90 Å². The van der Waals surface area contributed by atoms with Crippen molar-refractivity contribution in [3.05, 3.63) is 59.4 Å². The molecule has 0 bridgehead atoms. The van der Waals surface area contributed by atoms with Gasteiger partial charge >= 0.3 is 6.18 Å². The predicted molar refractivity (Wildman–Crippen MR) is 98.0 cm³/mol. The molecule has 3 aromatic rings. The number of aromatic nitrogens is 3. The molecule has 0 unspecified atom stereocenters. The van der Waals surface area contributed by atoms with Crippen LogP contribution in [0.15, 0.2) is 53.3 Å². The average molecular weight is 410 g/mol. The van der Waals surface area contributed by atoms with Crippen LogP contribution in [-0.2, 0) is 16.7 Å². The lowest BCUT2D eigenvalue weighted by atomic mass is 10.2. The van der Waals surface area contributed by atoms with Crippen LogP contribution in [0.3, 0.4) is 0 Å². The summed E-state index contributed by atoms with van der Waals surface area (Å²) in [6, 6.07) is 6.33. The zero-order valence-corrected chi connectivity index (χ0v) is 15.6. The second-order valence-corrected chi connectivity index (χ2v) is 7.12. The second-order valence-electron chi connectivity index (χ2n) is 5.34. The highest BCUT2D eigenvalue weighted by atomic mass is 32.2. The number of alkyl halides is 3. The Bertz CT molecular complexity index is 931. The molecule has 1 amide bonds. The van der Waals surface area contributed by atoms with Gasteiger partial charge < -0.3 is 0 Å². The summed E-state index contributed by atoms with van der Waals surface area (Å²) in [5, 5.41) is 2.66. The van der Waals surface area contributed by atoms with Crippen LogP contribution >= 0.6 is 23.1 Å². The molecule has 0 aliphatic carbocycles. The third-order valence-electron chi connectivity index (χ3n) is 3.37. The van der Waals surface area contributed by atoms with E-state index in [1.807, 2.05) is 0 Å². The van der Waals surface area contributed by atoms with Gasteiger partial charge in [-0.05, 0) is 24.3 Å². The monoisotopic (exact) mass is 410 g/mol. The first-order valence-corrected chi connectivity index (χ1v) is 9.53. The van der Waals surface area contributed by atoms with Crippen LogP contribution in [0.1, 0.15) is 18.2 Å². The number of nitrogens with zero attached hydrogens (tertiary/aromatic N) is 4. The smallest absolute Gasteiger partial charge is 0.274 e. The highest BCUT2D eigenvalue weighted by Crippen LogP contribution is 2.35. The minimum Gasteiger partial charge on any atom is -0.274 e. The van der Waals surface area contributed by atoms with E-state index in [-0.39, 0.29) is 5.69 Å². The molecule has 0 radical (unpaired) electrons. The van der Waals surface area contributed by atoms with E-state index in [0.717, 1.165) is 12.1 Å². The van der Waals surface area contributed by atoms with Gasteiger partial charge in [0.15, 0.2) is 10.3 Å². The molecule has 0 spiro atoms. The highest BCUT2D eigenvalue weighted by Gasteiger charge is 2.31. The average Bonchev–Trinajstić information content (AvgIpc) is 3.09. The number of rotatable bonds is 5. The molecule has 2 heterocycles. The molecule has 1 aromatic carbocycles. The summed E-state index contributed by atoms with van der Waals surface area (Å²) in [6.07, 6.45) is -1.22. The largest absolute Gasteiger partial charge is 0.416 e. The van der Waals surface area contributed by atoms with Gasteiger partial charge in [-0.3, -0.25) is 9.69 Å². The number of benzene rings is 1. The Morgan fingerprint density at radius 2 is 1.96 bits per heavy atom. The number of carbonyl (C=O) groups excluding carboxylic acids is 1. The summed E-state index contributed by atoms with van der Waals surface area (Å²) in [7, 11) is 0. The van der Waals surface area contributed by atoms with Crippen LogP contribution in [0.4, 0.5) is 24.0 Å². The van der Waals surface area contributed by atoms with E-state index in [1.54, 1.807) is 23.8 Å². The second kappa shape index (κ2) is 8.05. The van der Waals surface area contributed by atoms with Gasteiger partial charge in [0.1, 0.15) is 0 Å². The molecule has 140 valence electrons. The van der Waals surface area contributed by atoms with Crippen molar-refractivity contribution in [2.75, 3.05) is 4.90 Å². The molecule has 3 rings (SSSR count). The Hall–Kier alpha value is -2.46. The maximum absolute atomic E-state index is 13.0. The summed E-state index contributed by atoms with van der Waals surface area (Å²) in [4.78, 5) is 25.8. The standard InChI is InChI=1S/C17H13F3N4OS2/c1-11(25)24(14-5-2-4-12(8-14)17(18,19)20)16-23-13(10-27-16)9-26-15-21-6-3-7-22-15/h2-8,10H,9H2,1H3. The van der Waals surface area contributed by atoms with E-state index >= 15 is 0 Å². The first kappa shape index (κ1) is 19.3. The van der Waals surface area contributed by atoms with Crippen molar-refractivity contribution in [2.24, 2.45) is 0 Å². The zero-order chi connectivity index (χ0) is 19.4. The first-order chi connectivity index (χ1) is 12.8. The molecule has 0 aliphatic rings. The highest BCUT2D eigenvalue weighted by molar-refractivity contribution is 7.98. The van der Waals surface area contributed by atoms with Crippen molar-refractivity contribution >= 4 is 39.8 Å². The summed E-state index contributed by atoms with van der Waals surface area (Å²) < 4.78 is 38.9. The minimum absolute atomic E-state index is 0.122. The molecule has 10 heteroatoms. The third-order valence-corrected chi connectivity index (χ3v) is 5.15. The molecule has 0 atom stereocenters. The Kier molecular flexibility index (Phi) is 5.76. The van der Waals surface area contributed by atoms with Crippen molar-refractivity contribution in [3.63, 3.8) is 0 Å². The van der Waals surface area contributed by atoms with Crippen LogP contribution in [-0.4, -0.2) is 20.9 Å². The fourth-order valence-corrected chi connectivity index (χ4v) is 3.90. The predicted octanol–water partition coefficient (Wildman–Crippen LogP) is 4.93. The van der Waals surface area contributed by atoms with Gasteiger partial charge in [0, 0.05) is 30.5 Å². The van der Waals surface area contributed by atoms with Gasteiger partial charge in [0.25, 0.3) is 0 Å². The topological polar surface area (TPSA) is 59.0 Å². The van der Waals surface area contributed by atoms with Gasteiger partial charge in [-0.15, -0.1) is 11.3 Å². The van der Waals surface area contributed by atoms with E-state index in [1.165, 1.54) is 47.1 Å². The Morgan fingerprint density at radius 3 is 2.63 bits per heavy atom. The van der Waals surface area contributed by atoms with Gasteiger partial charge in [-0.2, -0.15) is 13.2 Å². The maximum atomic E-state index is 13.0. The number of carbonyl (C=O) groups is 1. The number of thiazole rings is 1. The number of hydrogen-bond donors (Lipinski definition) is 0. The Balaban J connectivity index is 1.82. The van der Waals surface area contributed by atoms with E-state index in [4.69, 9.17) is 0 Å². The van der Waals surface area contributed by atoms with Crippen LogP contribution in [0.25, 0.3) is 0 Å². The molecule has 0 saturated heterocycles. The van der Waals surface area contributed by atoms with Gasteiger partial charge in [0.05, 0.1) is 16.9 Å². The molecule has 0 aliphatic heterocycles. The van der Waals surface area contributed by atoms with Crippen LogP contribution in [0, 0.1) is 0 Å². The summed E-state index contributed by atoms with van der Waals surface area (Å²) in [6.45, 7) is 1.29. The molecular weight excluding hydrogens is 397 g/mol. The minimum atomic E-state index is -4.49. The van der Waals surface area contributed by atoms with Crippen molar-refractivity contribution in [3.8, 4) is 0 Å². The quantitative estimate of drug-likeness (QED) is 0.441. The lowest BCUT2D eigenvalue weighted by Crippen LogP contribution is -2.23.